The maximum Gasteiger partial charge on any atom is 0.290 e. The van der Waals surface area contributed by atoms with Gasteiger partial charge in [0, 0.05) is 41.2 Å². The molecular weight excluding hydrogens is 682 g/mol. The van der Waals surface area contributed by atoms with Crippen LogP contribution in [-0.2, 0) is 29.6 Å². The summed E-state index contributed by atoms with van der Waals surface area (Å²) in [6, 6.07) is 7.86. The van der Waals surface area contributed by atoms with E-state index in [1.54, 1.807) is 24.3 Å². The van der Waals surface area contributed by atoms with E-state index in [1.807, 2.05) is 0 Å². The highest BCUT2D eigenvalue weighted by Crippen LogP contribution is 2.52. The lowest BCUT2D eigenvalue weighted by atomic mass is 9.89. The van der Waals surface area contributed by atoms with Gasteiger partial charge in [-0.05, 0) is 58.2 Å². The molecule has 1 atom stereocenters. The first-order valence-corrected chi connectivity index (χ1v) is 14.0. The molecule has 0 radical (unpaired) electrons. The minimum absolute atomic E-state index is 0.0742. The van der Waals surface area contributed by atoms with E-state index < -0.39 is 78.2 Å². The van der Waals surface area contributed by atoms with Gasteiger partial charge in [0.15, 0.2) is 0 Å². The van der Waals surface area contributed by atoms with Crippen LogP contribution in [0, 0.1) is 11.6 Å². The molecule has 3 heterocycles. The summed E-state index contributed by atoms with van der Waals surface area (Å²) in [7, 11) is 1.41. The molecule has 7 nitrogen and oxygen atoms in total. The smallest absolute Gasteiger partial charge is 0.290 e. The highest BCUT2D eigenvalue weighted by Gasteiger charge is 2.55. The SMILES string of the molecule is COc1cc(-c2ccc(Br)c([C@H](Cc3cc(F)cc(F)c3)NC(=O)Cn3nc(C(F)F)c4c3C(F)(F)CCC4(F)F)n2)ccn1. The highest BCUT2D eigenvalue weighted by atomic mass is 79.9. The quantitative estimate of drug-likeness (QED) is 0.184. The van der Waals surface area contributed by atoms with Gasteiger partial charge in [-0.15, -0.1) is 0 Å². The van der Waals surface area contributed by atoms with Crippen molar-refractivity contribution in [2.75, 3.05) is 7.11 Å². The first kappa shape index (κ1) is 32.3. The van der Waals surface area contributed by atoms with Crippen molar-refractivity contribution in [3.8, 4) is 17.1 Å². The molecule has 1 N–H and O–H groups in total. The van der Waals surface area contributed by atoms with E-state index in [4.69, 9.17) is 4.74 Å². The van der Waals surface area contributed by atoms with Crippen molar-refractivity contribution in [3.63, 3.8) is 0 Å². The Morgan fingerprint density at radius 2 is 1.71 bits per heavy atom. The molecule has 16 heteroatoms. The summed E-state index contributed by atoms with van der Waals surface area (Å²) in [5, 5.41) is 5.81. The molecule has 0 fully saturated rings. The Hall–Kier alpha value is -4.08. The van der Waals surface area contributed by atoms with Gasteiger partial charge in [-0.3, -0.25) is 9.48 Å². The number of nitrogens with one attached hydrogen (secondary N) is 1. The monoisotopic (exact) mass is 703 g/mol. The number of fused-ring (bicyclic) bond motifs is 1. The molecule has 0 unspecified atom stereocenters. The second kappa shape index (κ2) is 12.4. The molecule has 238 valence electrons. The number of halogens is 9. The normalized spacial score (nSPS) is 15.9. The van der Waals surface area contributed by atoms with Crippen LogP contribution in [0.25, 0.3) is 11.3 Å². The topological polar surface area (TPSA) is 81.9 Å². The van der Waals surface area contributed by atoms with Crippen LogP contribution < -0.4 is 10.1 Å². The Balaban J connectivity index is 1.54. The van der Waals surface area contributed by atoms with Crippen LogP contribution in [0.15, 0.2) is 53.1 Å². The summed E-state index contributed by atoms with van der Waals surface area (Å²) in [6.07, 6.45) is -5.16. The van der Waals surface area contributed by atoms with Gasteiger partial charge >= 0.3 is 0 Å². The number of rotatable bonds is 9. The van der Waals surface area contributed by atoms with E-state index in [9.17, 15) is 39.9 Å². The number of carbonyl (C=O) groups is 1. The zero-order valence-electron chi connectivity index (χ0n) is 23.1. The van der Waals surface area contributed by atoms with E-state index in [1.165, 1.54) is 13.3 Å². The zero-order valence-corrected chi connectivity index (χ0v) is 24.7. The third-order valence-electron chi connectivity index (χ3n) is 7.09. The van der Waals surface area contributed by atoms with Gasteiger partial charge in [-0.25, -0.2) is 36.3 Å². The number of amides is 1. The van der Waals surface area contributed by atoms with Gasteiger partial charge in [0.1, 0.15) is 29.6 Å². The Morgan fingerprint density at radius 1 is 1.02 bits per heavy atom. The average molecular weight is 704 g/mol. The van der Waals surface area contributed by atoms with Crippen LogP contribution in [0.5, 0.6) is 5.88 Å². The number of hydrogen-bond acceptors (Lipinski definition) is 5. The van der Waals surface area contributed by atoms with E-state index in [0.29, 0.717) is 21.8 Å². The predicted octanol–water partition coefficient (Wildman–Crippen LogP) is 7.40. The number of carbonyl (C=O) groups excluding carboxylic acids is 1. The number of methoxy groups -OCH3 is 1. The summed E-state index contributed by atoms with van der Waals surface area (Å²) in [5.41, 5.74) is -3.50. The van der Waals surface area contributed by atoms with Gasteiger partial charge in [-0.1, -0.05) is 0 Å². The second-order valence-electron chi connectivity index (χ2n) is 10.2. The summed E-state index contributed by atoms with van der Waals surface area (Å²) in [6.45, 7) is -1.15. The molecule has 1 amide bonds. The van der Waals surface area contributed by atoms with Gasteiger partial charge in [0.05, 0.1) is 30.1 Å². The summed E-state index contributed by atoms with van der Waals surface area (Å²) in [4.78, 5) is 21.9. The minimum Gasteiger partial charge on any atom is -0.481 e. The van der Waals surface area contributed by atoms with Crippen LogP contribution >= 0.6 is 15.9 Å². The molecule has 4 aromatic rings. The molecule has 5 rings (SSSR count). The lowest BCUT2D eigenvalue weighted by Crippen LogP contribution is -2.37. The molecule has 0 saturated carbocycles. The zero-order chi connectivity index (χ0) is 32.7. The molecule has 1 aliphatic rings. The van der Waals surface area contributed by atoms with E-state index in [0.717, 1.165) is 12.1 Å². The van der Waals surface area contributed by atoms with Crippen molar-refractivity contribution in [3.05, 3.63) is 93.0 Å². The predicted molar refractivity (Wildman–Crippen MR) is 147 cm³/mol. The lowest BCUT2D eigenvalue weighted by Gasteiger charge is -2.29. The molecule has 0 spiro atoms. The van der Waals surface area contributed by atoms with Crippen molar-refractivity contribution < 1.29 is 44.7 Å². The maximum absolute atomic E-state index is 14.9. The van der Waals surface area contributed by atoms with Crippen molar-refractivity contribution in [2.45, 2.75) is 50.1 Å². The number of aromatic nitrogens is 4. The highest BCUT2D eigenvalue weighted by molar-refractivity contribution is 9.10. The number of ether oxygens (including phenoxy) is 1. The van der Waals surface area contributed by atoms with Crippen LogP contribution in [0.4, 0.5) is 35.1 Å². The molecule has 1 aromatic carbocycles. The van der Waals surface area contributed by atoms with E-state index in [-0.39, 0.29) is 28.2 Å². The van der Waals surface area contributed by atoms with Crippen LogP contribution in [0.2, 0.25) is 0 Å². The summed E-state index contributed by atoms with van der Waals surface area (Å²) < 4.78 is 120. The first-order valence-electron chi connectivity index (χ1n) is 13.2. The summed E-state index contributed by atoms with van der Waals surface area (Å²) >= 11 is 3.34. The van der Waals surface area contributed by atoms with Gasteiger partial charge in [0.2, 0.25) is 11.8 Å². The second-order valence-corrected chi connectivity index (χ2v) is 11.1. The molecule has 0 bridgehead atoms. The number of hydrogen-bond donors (Lipinski definition) is 1. The summed E-state index contributed by atoms with van der Waals surface area (Å²) in [5.74, 6) is -10.6. The lowest BCUT2D eigenvalue weighted by molar-refractivity contribution is -0.123. The molecule has 45 heavy (non-hydrogen) atoms. The fraction of sp³-hybridized carbons (Fsp3) is 0.310. The van der Waals surface area contributed by atoms with Crippen molar-refractivity contribution in [2.24, 2.45) is 0 Å². The molecule has 0 saturated heterocycles. The van der Waals surface area contributed by atoms with Crippen LogP contribution in [0.1, 0.15) is 53.5 Å². The number of pyridine rings is 2. The largest absolute Gasteiger partial charge is 0.481 e. The van der Waals surface area contributed by atoms with Crippen LogP contribution in [-0.4, -0.2) is 32.8 Å². The molecular formula is C29H22BrF8N5O2. The number of alkyl halides is 6. The fourth-order valence-electron chi connectivity index (χ4n) is 5.14. The Bertz CT molecular complexity index is 1730. The average Bonchev–Trinajstić information content (AvgIpc) is 3.37. The standard InChI is InChI=1S/C29H22BrF8N5O2/c1-45-22-11-15(4-7-39-22)19-3-2-18(30)24(41-19)20(10-14-8-16(31)12-17(32)9-14)40-21(44)13-43-26-23(25(42-43)27(33)34)28(35,36)5-6-29(26,37)38/h2-4,7-9,11-12,20,27H,5-6,10,13H2,1H3,(H,40,44)/t20-/m0/s1. The Morgan fingerprint density at radius 3 is 2.38 bits per heavy atom. The van der Waals surface area contributed by atoms with Crippen molar-refractivity contribution >= 4 is 21.8 Å². The Labute approximate surface area is 258 Å². The van der Waals surface area contributed by atoms with Gasteiger partial charge < -0.3 is 10.1 Å². The maximum atomic E-state index is 14.9. The fourth-order valence-corrected chi connectivity index (χ4v) is 5.63. The van der Waals surface area contributed by atoms with Crippen molar-refractivity contribution in [1.29, 1.82) is 0 Å². The first-order chi connectivity index (χ1) is 21.2. The Kier molecular flexibility index (Phi) is 8.88. The minimum atomic E-state index is -4.02. The van der Waals surface area contributed by atoms with E-state index in [2.05, 4.69) is 36.3 Å². The van der Waals surface area contributed by atoms with Crippen molar-refractivity contribution in [1.82, 2.24) is 25.1 Å². The number of nitrogens with zero attached hydrogens (tertiary/aromatic N) is 4. The third-order valence-corrected chi connectivity index (χ3v) is 7.76. The third kappa shape index (κ3) is 6.79. The van der Waals surface area contributed by atoms with Gasteiger partial charge in [0.25, 0.3) is 18.3 Å². The molecule has 1 aliphatic carbocycles. The molecule has 3 aromatic heterocycles. The molecule has 0 aliphatic heterocycles. The van der Waals surface area contributed by atoms with E-state index >= 15 is 0 Å². The van der Waals surface area contributed by atoms with Gasteiger partial charge in [-0.2, -0.15) is 13.9 Å². The van der Waals surface area contributed by atoms with Crippen LogP contribution in [0.3, 0.4) is 0 Å². The number of benzene rings is 1.